The van der Waals surface area contributed by atoms with Gasteiger partial charge in [-0.1, -0.05) is 12.1 Å². The first-order valence-electron chi connectivity index (χ1n) is 7.09. The topological polar surface area (TPSA) is 47.3 Å². The Morgan fingerprint density at radius 1 is 1.18 bits per heavy atom. The van der Waals surface area contributed by atoms with E-state index in [-0.39, 0.29) is 6.42 Å². The molecule has 0 unspecified atom stereocenters. The third-order valence-electron chi connectivity index (χ3n) is 3.46. The van der Waals surface area contributed by atoms with Gasteiger partial charge in [-0.05, 0) is 29.3 Å². The van der Waals surface area contributed by atoms with Crippen LogP contribution in [0.15, 0.2) is 42.6 Å². The number of nitrogens with zero attached hydrogens (tertiary/aromatic N) is 2. The predicted octanol–water partition coefficient (Wildman–Crippen LogP) is 1.04. The van der Waals surface area contributed by atoms with Gasteiger partial charge in [0.15, 0.2) is 6.20 Å². The Morgan fingerprint density at radius 3 is 2.45 bits per heavy atom. The van der Waals surface area contributed by atoms with Crippen LogP contribution in [0, 0.1) is 0 Å². The summed E-state index contributed by atoms with van der Waals surface area (Å²) in [6, 6.07) is 11.9. The molecule has 0 radical (unpaired) electrons. The van der Waals surface area contributed by atoms with Crippen LogP contribution in [0.2, 0.25) is 0 Å². The second kappa shape index (κ2) is 6.89. The molecule has 0 saturated heterocycles. The fourth-order valence-electron chi connectivity index (χ4n) is 2.14. The second-order valence-corrected chi connectivity index (χ2v) is 5.44. The molecule has 0 aliphatic rings. The molecular weight excluding hydrogens is 276 g/mol. The zero-order valence-corrected chi connectivity index (χ0v) is 13.1. The standard InChI is InChI=1S/C18H20N2O2/c1-19(2)16-7-4-14(5-8-16)6-9-17-12-15(13-18(21)22)10-11-20(17)3/h4-12H,13H2,1-3H3. The lowest BCUT2D eigenvalue weighted by molar-refractivity contribution is -0.673. The average molecular weight is 296 g/mol. The van der Waals surface area contributed by atoms with Crippen molar-refractivity contribution in [2.24, 2.45) is 7.05 Å². The van der Waals surface area contributed by atoms with E-state index in [2.05, 4.69) is 29.2 Å². The smallest absolute Gasteiger partial charge is 0.205 e. The summed E-state index contributed by atoms with van der Waals surface area (Å²) in [7, 11) is 5.94. The molecule has 0 saturated carbocycles. The van der Waals surface area contributed by atoms with Gasteiger partial charge in [0, 0.05) is 50.4 Å². The van der Waals surface area contributed by atoms with E-state index in [0.29, 0.717) is 0 Å². The first-order chi connectivity index (χ1) is 10.5. The Bertz CT molecular complexity index is 689. The molecule has 4 nitrogen and oxygen atoms in total. The van der Waals surface area contributed by atoms with Crippen LogP contribution in [0.4, 0.5) is 5.69 Å². The summed E-state index contributed by atoms with van der Waals surface area (Å²) < 4.78 is 1.95. The molecule has 0 amide bonds. The van der Waals surface area contributed by atoms with Crippen molar-refractivity contribution in [1.82, 2.24) is 0 Å². The van der Waals surface area contributed by atoms with Crippen LogP contribution in [0.25, 0.3) is 12.2 Å². The van der Waals surface area contributed by atoms with Crippen molar-refractivity contribution in [2.75, 3.05) is 19.0 Å². The molecule has 2 rings (SSSR count). The number of aromatic nitrogens is 1. The van der Waals surface area contributed by atoms with E-state index < -0.39 is 5.97 Å². The summed E-state index contributed by atoms with van der Waals surface area (Å²) in [5.74, 6) is -1.07. The normalized spacial score (nSPS) is 10.9. The van der Waals surface area contributed by atoms with E-state index in [1.165, 1.54) is 0 Å². The number of carbonyl (C=O) groups is 1. The number of hydrogen-bond acceptors (Lipinski definition) is 3. The van der Waals surface area contributed by atoms with Crippen molar-refractivity contribution in [3.05, 3.63) is 59.4 Å². The van der Waals surface area contributed by atoms with Crippen LogP contribution in [0.5, 0.6) is 0 Å². The van der Waals surface area contributed by atoms with Crippen LogP contribution in [0.1, 0.15) is 16.8 Å². The van der Waals surface area contributed by atoms with E-state index in [1.807, 2.05) is 50.1 Å². The molecule has 0 bridgehead atoms. The first-order valence-corrected chi connectivity index (χ1v) is 7.09. The molecular formula is C18H20N2O2. The number of carboxylic acids is 1. The lowest BCUT2D eigenvalue weighted by atomic mass is 10.1. The van der Waals surface area contributed by atoms with Gasteiger partial charge in [-0.3, -0.25) is 0 Å². The lowest BCUT2D eigenvalue weighted by Gasteiger charge is -2.11. The third kappa shape index (κ3) is 4.19. The van der Waals surface area contributed by atoms with E-state index in [1.54, 1.807) is 6.07 Å². The maximum absolute atomic E-state index is 10.7. The van der Waals surface area contributed by atoms with E-state index in [9.17, 15) is 9.90 Å². The van der Waals surface area contributed by atoms with Gasteiger partial charge in [0.05, 0.1) is 0 Å². The number of aliphatic carboxylic acids is 1. The third-order valence-corrected chi connectivity index (χ3v) is 3.46. The highest BCUT2D eigenvalue weighted by Gasteiger charge is 2.05. The minimum Gasteiger partial charge on any atom is -0.550 e. The number of carbonyl (C=O) groups excluding carboxylic acids is 1. The predicted molar refractivity (Wildman–Crippen MR) is 86.0 cm³/mol. The number of anilines is 1. The van der Waals surface area contributed by atoms with Gasteiger partial charge >= 0.3 is 0 Å². The zero-order valence-electron chi connectivity index (χ0n) is 13.1. The highest BCUT2D eigenvalue weighted by Crippen LogP contribution is 2.14. The van der Waals surface area contributed by atoms with E-state index >= 15 is 0 Å². The molecule has 1 aromatic carbocycles. The highest BCUT2D eigenvalue weighted by molar-refractivity contribution is 5.70. The summed E-state index contributed by atoms with van der Waals surface area (Å²) in [5.41, 5.74) is 3.92. The number of pyridine rings is 1. The first kappa shape index (κ1) is 15.8. The zero-order chi connectivity index (χ0) is 16.1. The minimum absolute atomic E-state index is 0.0702. The van der Waals surface area contributed by atoms with Gasteiger partial charge in [-0.25, -0.2) is 4.57 Å². The van der Waals surface area contributed by atoms with Crippen LogP contribution < -0.4 is 14.6 Å². The number of benzene rings is 1. The van der Waals surface area contributed by atoms with Crippen LogP contribution in [0.3, 0.4) is 0 Å². The molecule has 0 fully saturated rings. The molecule has 0 aliphatic carbocycles. The SMILES string of the molecule is CN(C)c1ccc(/C=C/c2cc(CC(=O)[O-])cc[n+]2C)cc1. The minimum atomic E-state index is -1.07. The van der Waals surface area contributed by atoms with Crippen LogP contribution in [-0.4, -0.2) is 20.1 Å². The van der Waals surface area contributed by atoms with Crippen molar-refractivity contribution >= 4 is 23.8 Å². The van der Waals surface area contributed by atoms with Gasteiger partial charge in [-0.2, -0.15) is 0 Å². The fraction of sp³-hybridized carbons (Fsp3) is 0.222. The molecule has 1 heterocycles. The molecule has 0 atom stereocenters. The Labute approximate surface area is 130 Å². The van der Waals surface area contributed by atoms with Gasteiger partial charge in [0.2, 0.25) is 5.69 Å². The summed E-state index contributed by atoms with van der Waals surface area (Å²) in [6.45, 7) is 0. The molecule has 0 aliphatic heterocycles. The Kier molecular flexibility index (Phi) is 4.94. The van der Waals surface area contributed by atoms with Crippen molar-refractivity contribution in [1.29, 1.82) is 0 Å². The van der Waals surface area contributed by atoms with Gasteiger partial charge in [-0.15, -0.1) is 0 Å². The molecule has 1 aromatic heterocycles. The summed E-state index contributed by atoms with van der Waals surface area (Å²) in [4.78, 5) is 12.7. The molecule has 114 valence electrons. The molecule has 0 spiro atoms. The maximum Gasteiger partial charge on any atom is 0.205 e. The molecule has 0 N–H and O–H groups in total. The quantitative estimate of drug-likeness (QED) is 0.775. The van der Waals surface area contributed by atoms with Crippen molar-refractivity contribution < 1.29 is 14.5 Å². The Hall–Kier alpha value is -2.62. The number of rotatable bonds is 5. The summed E-state index contributed by atoms with van der Waals surface area (Å²) in [5, 5.41) is 10.7. The maximum atomic E-state index is 10.7. The van der Waals surface area contributed by atoms with Crippen LogP contribution >= 0.6 is 0 Å². The van der Waals surface area contributed by atoms with Crippen LogP contribution in [-0.2, 0) is 18.3 Å². The second-order valence-electron chi connectivity index (χ2n) is 5.44. The molecule has 2 aromatic rings. The average Bonchev–Trinajstić information content (AvgIpc) is 2.47. The number of carboxylic acid groups (broad SMARTS) is 1. The molecule has 4 heteroatoms. The van der Waals surface area contributed by atoms with Gasteiger partial charge < -0.3 is 14.8 Å². The van der Waals surface area contributed by atoms with E-state index in [0.717, 1.165) is 22.5 Å². The van der Waals surface area contributed by atoms with Crippen molar-refractivity contribution in [2.45, 2.75) is 6.42 Å². The largest absolute Gasteiger partial charge is 0.550 e. The summed E-state index contributed by atoms with van der Waals surface area (Å²) in [6.07, 6.45) is 5.77. The summed E-state index contributed by atoms with van der Waals surface area (Å²) >= 11 is 0. The van der Waals surface area contributed by atoms with E-state index in [4.69, 9.17) is 0 Å². The van der Waals surface area contributed by atoms with Gasteiger partial charge in [0.1, 0.15) is 7.05 Å². The van der Waals surface area contributed by atoms with Crippen molar-refractivity contribution in [3.8, 4) is 0 Å². The lowest BCUT2D eigenvalue weighted by Crippen LogP contribution is -2.32. The van der Waals surface area contributed by atoms with Crippen molar-refractivity contribution in [3.63, 3.8) is 0 Å². The fourth-order valence-corrected chi connectivity index (χ4v) is 2.14. The Balaban J connectivity index is 2.20. The molecule has 22 heavy (non-hydrogen) atoms. The highest BCUT2D eigenvalue weighted by atomic mass is 16.4. The Morgan fingerprint density at radius 2 is 1.86 bits per heavy atom. The number of hydrogen-bond donors (Lipinski definition) is 0. The monoisotopic (exact) mass is 296 g/mol. The number of aryl methyl sites for hydroxylation is 1. The van der Waals surface area contributed by atoms with Gasteiger partial charge in [0.25, 0.3) is 0 Å².